The minimum atomic E-state index is -0.165. The van der Waals surface area contributed by atoms with Gasteiger partial charge in [0.05, 0.1) is 0 Å². The van der Waals surface area contributed by atoms with E-state index in [2.05, 4.69) is 5.32 Å². The zero-order valence-corrected chi connectivity index (χ0v) is 10.5. The van der Waals surface area contributed by atoms with Gasteiger partial charge in [-0.15, -0.1) is 24.8 Å². The van der Waals surface area contributed by atoms with Gasteiger partial charge in [-0.3, -0.25) is 0 Å². The number of hydrogen-bond donors (Lipinski definition) is 2. The molecule has 0 spiro atoms. The van der Waals surface area contributed by atoms with Crippen LogP contribution >= 0.6 is 24.8 Å². The Morgan fingerprint density at radius 3 is 2.62 bits per heavy atom. The second-order valence-corrected chi connectivity index (χ2v) is 3.91. The van der Waals surface area contributed by atoms with E-state index in [1.165, 1.54) is 6.07 Å². The third kappa shape index (κ3) is 3.91. The monoisotopic (exact) mass is 266 g/mol. The number of nitrogens with one attached hydrogen (secondary N) is 1. The van der Waals surface area contributed by atoms with Crippen molar-refractivity contribution in [3.05, 3.63) is 35.6 Å². The Balaban J connectivity index is 0.00000112. The lowest BCUT2D eigenvalue weighted by Crippen LogP contribution is -2.43. The number of hydrogen-bond acceptors (Lipinski definition) is 2. The van der Waals surface area contributed by atoms with Crippen LogP contribution in [0.15, 0.2) is 24.3 Å². The van der Waals surface area contributed by atoms with Gasteiger partial charge in [-0.2, -0.15) is 0 Å². The van der Waals surface area contributed by atoms with Gasteiger partial charge in [-0.25, -0.2) is 4.39 Å². The molecule has 0 amide bonds. The number of nitrogens with two attached hydrogens (primary N) is 1. The Kier molecular flexibility index (Phi) is 6.91. The summed E-state index contributed by atoms with van der Waals surface area (Å²) in [6.45, 7) is 1.77. The van der Waals surface area contributed by atoms with Crippen molar-refractivity contribution >= 4 is 24.8 Å². The smallest absolute Gasteiger partial charge is 0.123 e. The SMILES string of the molecule is Cl.Cl.NC1CNCC(c2cccc(F)c2)C1. The van der Waals surface area contributed by atoms with Crippen LogP contribution in [0, 0.1) is 5.82 Å². The average Bonchev–Trinajstić information content (AvgIpc) is 2.18. The van der Waals surface area contributed by atoms with Crippen LogP contribution in [-0.2, 0) is 0 Å². The highest BCUT2D eigenvalue weighted by Crippen LogP contribution is 2.22. The summed E-state index contributed by atoms with van der Waals surface area (Å²) in [6, 6.07) is 6.99. The van der Waals surface area contributed by atoms with Gasteiger partial charge in [0.1, 0.15) is 5.82 Å². The van der Waals surface area contributed by atoms with Crippen LogP contribution in [0.5, 0.6) is 0 Å². The van der Waals surface area contributed by atoms with Gasteiger partial charge in [0.15, 0.2) is 0 Å². The van der Waals surface area contributed by atoms with E-state index in [1.54, 1.807) is 12.1 Å². The predicted molar refractivity (Wildman–Crippen MR) is 69.1 cm³/mol. The molecular formula is C11H17Cl2FN2. The molecule has 1 saturated heterocycles. The Hall–Kier alpha value is -0.350. The van der Waals surface area contributed by atoms with Gasteiger partial charge in [0.25, 0.3) is 0 Å². The molecule has 1 aromatic rings. The van der Waals surface area contributed by atoms with Gasteiger partial charge in [0, 0.05) is 19.1 Å². The quantitative estimate of drug-likeness (QED) is 0.817. The molecule has 16 heavy (non-hydrogen) atoms. The highest BCUT2D eigenvalue weighted by Gasteiger charge is 2.20. The molecule has 3 N–H and O–H groups in total. The Labute approximate surface area is 108 Å². The lowest BCUT2D eigenvalue weighted by molar-refractivity contribution is 0.411. The van der Waals surface area contributed by atoms with Crippen molar-refractivity contribution in [2.75, 3.05) is 13.1 Å². The fraction of sp³-hybridized carbons (Fsp3) is 0.455. The van der Waals surface area contributed by atoms with E-state index < -0.39 is 0 Å². The van der Waals surface area contributed by atoms with Crippen molar-refractivity contribution in [3.8, 4) is 0 Å². The molecule has 1 fully saturated rings. The average molecular weight is 267 g/mol. The second-order valence-electron chi connectivity index (χ2n) is 3.91. The lowest BCUT2D eigenvalue weighted by Gasteiger charge is -2.27. The maximum atomic E-state index is 13.0. The molecule has 2 rings (SSSR count). The molecule has 1 aliphatic heterocycles. The molecule has 92 valence electrons. The second kappa shape index (κ2) is 7.07. The highest BCUT2D eigenvalue weighted by atomic mass is 35.5. The summed E-state index contributed by atoms with van der Waals surface area (Å²) in [5.41, 5.74) is 6.89. The summed E-state index contributed by atoms with van der Waals surface area (Å²) in [5.74, 6) is 0.191. The first-order valence-electron chi connectivity index (χ1n) is 4.97. The molecular weight excluding hydrogens is 250 g/mol. The Morgan fingerprint density at radius 2 is 2.00 bits per heavy atom. The molecule has 1 aromatic carbocycles. The standard InChI is InChI=1S/C11H15FN2.2ClH/c12-10-3-1-2-8(4-10)9-5-11(13)7-14-6-9;;/h1-4,9,11,14H,5-7,13H2;2*1H. The topological polar surface area (TPSA) is 38.0 Å². The molecule has 0 bridgehead atoms. The lowest BCUT2D eigenvalue weighted by atomic mass is 9.89. The van der Waals surface area contributed by atoms with E-state index in [0.29, 0.717) is 5.92 Å². The maximum absolute atomic E-state index is 13.0. The largest absolute Gasteiger partial charge is 0.327 e. The number of piperidine rings is 1. The van der Waals surface area contributed by atoms with Gasteiger partial charge in [-0.1, -0.05) is 12.1 Å². The normalized spacial score (nSPS) is 24.1. The molecule has 2 unspecified atom stereocenters. The first-order valence-corrected chi connectivity index (χ1v) is 4.97. The van der Waals surface area contributed by atoms with Crippen LogP contribution in [0.1, 0.15) is 17.9 Å². The van der Waals surface area contributed by atoms with E-state index in [1.807, 2.05) is 6.07 Å². The van der Waals surface area contributed by atoms with Crippen molar-refractivity contribution < 1.29 is 4.39 Å². The summed E-state index contributed by atoms with van der Waals surface area (Å²) >= 11 is 0. The van der Waals surface area contributed by atoms with Crippen LogP contribution in [0.3, 0.4) is 0 Å². The molecule has 5 heteroatoms. The van der Waals surface area contributed by atoms with E-state index in [-0.39, 0.29) is 36.7 Å². The van der Waals surface area contributed by atoms with Crippen molar-refractivity contribution in [1.82, 2.24) is 5.32 Å². The van der Waals surface area contributed by atoms with Gasteiger partial charge < -0.3 is 11.1 Å². The first kappa shape index (κ1) is 15.7. The number of benzene rings is 1. The Bertz CT molecular complexity index is 323. The van der Waals surface area contributed by atoms with Gasteiger partial charge in [-0.05, 0) is 30.0 Å². The van der Waals surface area contributed by atoms with E-state index in [0.717, 1.165) is 25.1 Å². The summed E-state index contributed by atoms with van der Waals surface area (Å²) in [7, 11) is 0. The molecule has 2 nitrogen and oxygen atoms in total. The third-order valence-corrected chi connectivity index (χ3v) is 2.70. The van der Waals surface area contributed by atoms with E-state index in [9.17, 15) is 4.39 Å². The fourth-order valence-electron chi connectivity index (χ4n) is 1.99. The zero-order chi connectivity index (χ0) is 9.97. The molecule has 0 aliphatic carbocycles. The highest BCUT2D eigenvalue weighted by molar-refractivity contribution is 5.85. The van der Waals surface area contributed by atoms with Crippen LogP contribution in [0.4, 0.5) is 4.39 Å². The van der Waals surface area contributed by atoms with Crippen LogP contribution in [0.25, 0.3) is 0 Å². The summed E-state index contributed by atoms with van der Waals surface area (Å²) in [5, 5.41) is 3.26. The molecule has 1 aliphatic rings. The van der Waals surface area contributed by atoms with Crippen molar-refractivity contribution in [2.24, 2.45) is 5.73 Å². The molecule has 2 atom stereocenters. The summed E-state index contributed by atoms with van der Waals surface area (Å²) < 4.78 is 13.0. The molecule has 0 aromatic heterocycles. The Morgan fingerprint density at radius 1 is 1.25 bits per heavy atom. The van der Waals surface area contributed by atoms with Crippen molar-refractivity contribution in [3.63, 3.8) is 0 Å². The number of rotatable bonds is 1. The zero-order valence-electron chi connectivity index (χ0n) is 8.86. The summed E-state index contributed by atoms with van der Waals surface area (Å²) in [4.78, 5) is 0. The van der Waals surface area contributed by atoms with Gasteiger partial charge >= 0.3 is 0 Å². The van der Waals surface area contributed by atoms with Crippen molar-refractivity contribution in [1.29, 1.82) is 0 Å². The summed E-state index contributed by atoms with van der Waals surface area (Å²) in [6.07, 6.45) is 0.941. The number of halogens is 3. The maximum Gasteiger partial charge on any atom is 0.123 e. The first-order chi connectivity index (χ1) is 6.75. The predicted octanol–water partition coefficient (Wildman–Crippen LogP) is 2.07. The van der Waals surface area contributed by atoms with E-state index >= 15 is 0 Å². The molecule has 1 heterocycles. The minimum absolute atomic E-state index is 0. The molecule has 0 saturated carbocycles. The van der Waals surface area contributed by atoms with Crippen LogP contribution in [0.2, 0.25) is 0 Å². The van der Waals surface area contributed by atoms with Crippen molar-refractivity contribution in [2.45, 2.75) is 18.4 Å². The minimum Gasteiger partial charge on any atom is -0.327 e. The molecule has 0 radical (unpaired) electrons. The van der Waals surface area contributed by atoms with E-state index in [4.69, 9.17) is 5.73 Å². The van der Waals surface area contributed by atoms with Crippen LogP contribution < -0.4 is 11.1 Å². The van der Waals surface area contributed by atoms with Crippen LogP contribution in [-0.4, -0.2) is 19.1 Å². The van der Waals surface area contributed by atoms with Gasteiger partial charge in [0.2, 0.25) is 0 Å². The fourth-order valence-corrected chi connectivity index (χ4v) is 1.99. The third-order valence-electron chi connectivity index (χ3n) is 2.70.